The van der Waals surface area contributed by atoms with Crippen molar-refractivity contribution in [3.8, 4) is 0 Å². The Hall–Kier alpha value is -1.67. The predicted molar refractivity (Wildman–Crippen MR) is 83.0 cm³/mol. The van der Waals surface area contributed by atoms with Crippen molar-refractivity contribution in [2.24, 2.45) is 11.3 Å². The van der Waals surface area contributed by atoms with Gasteiger partial charge in [-0.05, 0) is 35.7 Å². The molecule has 1 aliphatic heterocycles. The van der Waals surface area contributed by atoms with Gasteiger partial charge in [-0.15, -0.1) is 0 Å². The normalized spacial score (nSPS) is 22.6. The van der Waals surface area contributed by atoms with Crippen LogP contribution in [0.4, 0.5) is 0 Å². The lowest BCUT2D eigenvalue weighted by Crippen LogP contribution is -2.38. The van der Waals surface area contributed by atoms with Gasteiger partial charge in [0.05, 0.1) is 0 Å². The number of carbonyl (C=O) groups is 1. The Labute approximate surface area is 120 Å². The van der Waals surface area contributed by atoms with Crippen molar-refractivity contribution in [2.75, 3.05) is 13.1 Å². The SMILES string of the molecule is CC(C)C1(C(=O)c2ccc3ccccc3c2)CCNC1. The van der Waals surface area contributed by atoms with E-state index in [1.165, 1.54) is 5.39 Å². The van der Waals surface area contributed by atoms with Crippen molar-refractivity contribution in [3.63, 3.8) is 0 Å². The third-order valence-electron chi connectivity index (χ3n) is 4.76. The van der Waals surface area contributed by atoms with Gasteiger partial charge in [-0.3, -0.25) is 4.79 Å². The van der Waals surface area contributed by atoms with Crippen LogP contribution in [0.5, 0.6) is 0 Å². The van der Waals surface area contributed by atoms with Gasteiger partial charge in [0.1, 0.15) is 0 Å². The molecule has 0 spiro atoms. The van der Waals surface area contributed by atoms with E-state index >= 15 is 0 Å². The number of ketones is 1. The molecule has 3 rings (SSSR count). The molecule has 2 aromatic rings. The first-order valence-electron chi connectivity index (χ1n) is 7.38. The molecule has 0 radical (unpaired) electrons. The quantitative estimate of drug-likeness (QED) is 0.860. The van der Waals surface area contributed by atoms with Gasteiger partial charge in [0, 0.05) is 17.5 Å². The number of rotatable bonds is 3. The molecular weight excluding hydrogens is 246 g/mol. The molecule has 2 nitrogen and oxygen atoms in total. The van der Waals surface area contributed by atoms with E-state index in [2.05, 4.69) is 37.4 Å². The topological polar surface area (TPSA) is 29.1 Å². The van der Waals surface area contributed by atoms with Crippen molar-refractivity contribution in [3.05, 3.63) is 48.0 Å². The Balaban J connectivity index is 2.03. The average Bonchev–Trinajstić information content (AvgIpc) is 2.97. The van der Waals surface area contributed by atoms with Gasteiger partial charge in [-0.1, -0.05) is 50.2 Å². The summed E-state index contributed by atoms with van der Waals surface area (Å²) in [7, 11) is 0. The molecule has 2 aromatic carbocycles. The minimum atomic E-state index is -0.234. The van der Waals surface area contributed by atoms with E-state index in [1.807, 2.05) is 24.3 Å². The van der Waals surface area contributed by atoms with E-state index in [0.29, 0.717) is 11.7 Å². The van der Waals surface area contributed by atoms with E-state index in [9.17, 15) is 4.79 Å². The number of hydrogen-bond donors (Lipinski definition) is 1. The first kappa shape index (κ1) is 13.3. The third kappa shape index (κ3) is 2.04. The molecule has 0 saturated carbocycles. The van der Waals surface area contributed by atoms with Crippen LogP contribution in [0.1, 0.15) is 30.6 Å². The Bertz CT molecular complexity index is 639. The number of Topliss-reactive ketones (excluding diaryl/α,β-unsaturated/α-hetero) is 1. The fraction of sp³-hybridized carbons (Fsp3) is 0.389. The molecule has 1 atom stereocenters. The molecule has 104 valence electrons. The zero-order valence-electron chi connectivity index (χ0n) is 12.1. The molecule has 1 aliphatic rings. The lowest BCUT2D eigenvalue weighted by atomic mass is 9.71. The second kappa shape index (κ2) is 5.02. The van der Waals surface area contributed by atoms with Gasteiger partial charge in [-0.25, -0.2) is 0 Å². The Morgan fingerprint density at radius 2 is 1.90 bits per heavy atom. The maximum atomic E-state index is 13.0. The smallest absolute Gasteiger partial charge is 0.170 e. The molecule has 0 aliphatic carbocycles. The van der Waals surface area contributed by atoms with Gasteiger partial charge in [0.25, 0.3) is 0 Å². The van der Waals surface area contributed by atoms with E-state index in [4.69, 9.17) is 0 Å². The van der Waals surface area contributed by atoms with Crippen molar-refractivity contribution < 1.29 is 4.79 Å². The predicted octanol–water partition coefficient (Wildman–Crippen LogP) is 3.66. The van der Waals surface area contributed by atoms with Crippen molar-refractivity contribution in [1.29, 1.82) is 0 Å². The highest BCUT2D eigenvalue weighted by Crippen LogP contribution is 2.38. The van der Waals surface area contributed by atoms with E-state index in [-0.39, 0.29) is 5.41 Å². The minimum Gasteiger partial charge on any atom is -0.316 e. The Morgan fingerprint density at radius 3 is 2.55 bits per heavy atom. The first-order valence-corrected chi connectivity index (χ1v) is 7.38. The number of fused-ring (bicyclic) bond motifs is 1. The van der Waals surface area contributed by atoms with Crippen LogP contribution < -0.4 is 5.32 Å². The fourth-order valence-corrected chi connectivity index (χ4v) is 3.28. The lowest BCUT2D eigenvalue weighted by molar-refractivity contribution is 0.0740. The minimum absolute atomic E-state index is 0.234. The summed E-state index contributed by atoms with van der Waals surface area (Å²) in [6, 6.07) is 14.3. The molecular formula is C18H21NO. The number of hydrogen-bond acceptors (Lipinski definition) is 2. The summed E-state index contributed by atoms with van der Waals surface area (Å²) in [6.07, 6.45) is 0.941. The lowest BCUT2D eigenvalue weighted by Gasteiger charge is -2.31. The van der Waals surface area contributed by atoms with Crippen LogP contribution in [-0.2, 0) is 0 Å². The van der Waals surface area contributed by atoms with Crippen LogP contribution in [-0.4, -0.2) is 18.9 Å². The van der Waals surface area contributed by atoms with Crippen LogP contribution in [0.3, 0.4) is 0 Å². The molecule has 0 amide bonds. The first-order chi connectivity index (χ1) is 9.63. The summed E-state index contributed by atoms with van der Waals surface area (Å²) in [5.41, 5.74) is 0.615. The van der Waals surface area contributed by atoms with Crippen LogP contribution >= 0.6 is 0 Å². The summed E-state index contributed by atoms with van der Waals surface area (Å²) >= 11 is 0. The largest absolute Gasteiger partial charge is 0.316 e. The summed E-state index contributed by atoms with van der Waals surface area (Å²) in [5.74, 6) is 0.653. The van der Waals surface area contributed by atoms with Crippen molar-refractivity contribution in [2.45, 2.75) is 20.3 Å². The summed E-state index contributed by atoms with van der Waals surface area (Å²) in [4.78, 5) is 13.0. The number of carbonyl (C=O) groups excluding carboxylic acids is 1. The molecule has 2 heteroatoms. The van der Waals surface area contributed by atoms with E-state index in [1.54, 1.807) is 0 Å². The zero-order valence-corrected chi connectivity index (χ0v) is 12.1. The van der Waals surface area contributed by atoms with E-state index in [0.717, 1.165) is 30.5 Å². The molecule has 0 bridgehead atoms. The van der Waals surface area contributed by atoms with Crippen molar-refractivity contribution in [1.82, 2.24) is 5.32 Å². The zero-order chi connectivity index (χ0) is 14.2. The van der Waals surface area contributed by atoms with Crippen molar-refractivity contribution >= 4 is 16.6 Å². The summed E-state index contributed by atoms with van der Waals surface area (Å²) in [6.45, 7) is 6.06. The molecule has 20 heavy (non-hydrogen) atoms. The maximum Gasteiger partial charge on any atom is 0.170 e. The van der Waals surface area contributed by atoms with Crippen LogP contribution in [0.25, 0.3) is 10.8 Å². The van der Waals surface area contributed by atoms with Gasteiger partial charge in [-0.2, -0.15) is 0 Å². The van der Waals surface area contributed by atoms with Gasteiger partial charge in [0.15, 0.2) is 5.78 Å². The summed E-state index contributed by atoms with van der Waals surface area (Å²) < 4.78 is 0. The number of benzene rings is 2. The molecule has 0 aromatic heterocycles. The summed E-state index contributed by atoms with van der Waals surface area (Å²) in [5, 5.41) is 5.69. The van der Waals surface area contributed by atoms with Crippen LogP contribution in [0.2, 0.25) is 0 Å². The molecule has 1 heterocycles. The van der Waals surface area contributed by atoms with Gasteiger partial charge < -0.3 is 5.32 Å². The fourth-order valence-electron chi connectivity index (χ4n) is 3.28. The second-order valence-corrected chi connectivity index (χ2v) is 6.13. The van der Waals surface area contributed by atoms with Crippen LogP contribution in [0, 0.1) is 11.3 Å². The van der Waals surface area contributed by atoms with Crippen LogP contribution in [0.15, 0.2) is 42.5 Å². The number of nitrogens with one attached hydrogen (secondary N) is 1. The highest BCUT2D eigenvalue weighted by Gasteiger charge is 2.43. The average molecular weight is 267 g/mol. The molecule has 1 fully saturated rings. The maximum absolute atomic E-state index is 13.0. The third-order valence-corrected chi connectivity index (χ3v) is 4.76. The molecule has 1 N–H and O–H groups in total. The highest BCUT2D eigenvalue weighted by atomic mass is 16.1. The molecule has 1 unspecified atom stereocenters. The second-order valence-electron chi connectivity index (χ2n) is 6.13. The standard InChI is InChI=1S/C18H21NO/c1-13(2)18(9-10-19-12-18)17(20)16-8-7-14-5-3-4-6-15(14)11-16/h3-8,11,13,19H,9-10,12H2,1-2H3. The van der Waals surface area contributed by atoms with Gasteiger partial charge in [0.2, 0.25) is 0 Å². The highest BCUT2D eigenvalue weighted by molar-refractivity contribution is 6.03. The Morgan fingerprint density at radius 1 is 1.15 bits per heavy atom. The molecule has 1 saturated heterocycles. The van der Waals surface area contributed by atoms with Gasteiger partial charge >= 0.3 is 0 Å². The Kier molecular flexibility index (Phi) is 3.35. The van der Waals surface area contributed by atoms with E-state index < -0.39 is 0 Å². The monoisotopic (exact) mass is 267 g/mol.